The number of aryl methyl sites for hydroxylation is 2. The number of ketones is 1. The number of carbonyl (C=O) groups excluding carboxylic acids is 1. The Balaban J connectivity index is 0.000000166. The number of imidazole rings is 1. The molecule has 0 radical (unpaired) electrons. The minimum absolute atomic E-state index is 0.0474. The Hall–Kier alpha value is -3.84. The molecule has 1 aliphatic rings. The van der Waals surface area contributed by atoms with Gasteiger partial charge in [0.1, 0.15) is 5.82 Å². The molecule has 35 heavy (non-hydrogen) atoms. The summed E-state index contributed by atoms with van der Waals surface area (Å²) in [5, 5.41) is 11.7. The van der Waals surface area contributed by atoms with Crippen LogP contribution in [0.1, 0.15) is 33.9 Å². The first kappa shape index (κ1) is 22.9. The number of aromatic nitrogens is 4. The third kappa shape index (κ3) is 4.12. The predicted octanol–water partition coefficient (Wildman–Crippen LogP) is 4.51. The summed E-state index contributed by atoms with van der Waals surface area (Å²) in [6.45, 7) is 3.32. The lowest BCUT2D eigenvalue weighted by Crippen LogP contribution is -2.27. The Labute approximate surface area is 204 Å². The van der Waals surface area contributed by atoms with E-state index in [4.69, 9.17) is 5.73 Å². The third-order valence-electron chi connectivity index (χ3n) is 7.10. The summed E-state index contributed by atoms with van der Waals surface area (Å²) in [6.07, 6.45) is 8.15. The van der Waals surface area contributed by atoms with Gasteiger partial charge in [-0.2, -0.15) is 4.73 Å². The molecular weight excluding hydrogens is 438 g/mol. The summed E-state index contributed by atoms with van der Waals surface area (Å²) in [5.74, 6) is 1.30. The van der Waals surface area contributed by atoms with Crippen molar-refractivity contribution in [3.63, 3.8) is 0 Å². The fourth-order valence-corrected chi connectivity index (χ4v) is 5.25. The minimum atomic E-state index is 0.0474. The molecule has 180 valence electrons. The topological polar surface area (TPSA) is 91.0 Å². The predicted molar refractivity (Wildman–Crippen MR) is 138 cm³/mol. The molecular formula is C28H31N5O2. The maximum Gasteiger partial charge on any atom is 0.170 e. The number of hydrogen-bond donors (Lipinski definition) is 2. The summed E-state index contributed by atoms with van der Waals surface area (Å²) in [7, 11) is 2.06. The van der Waals surface area contributed by atoms with Gasteiger partial charge in [-0.15, -0.1) is 0 Å². The summed E-state index contributed by atoms with van der Waals surface area (Å²) >= 11 is 0. The van der Waals surface area contributed by atoms with Crippen LogP contribution in [0.4, 0.5) is 0 Å². The number of hydrogen-bond acceptors (Lipinski definition) is 4. The second-order valence-electron chi connectivity index (χ2n) is 9.18. The monoisotopic (exact) mass is 469 g/mol. The van der Waals surface area contributed by atoms with Crippen LogP contribution in [0.5, 0.6) is 0 Å². The Bertz CT molecular complexity index is 1510. The normalized spacial score (nSPS) is 15.3. The number of fused-ring (bicyclic) bond motifs is 4. The minimum Gasteiger partial charge on any atom is -0.428 e. The highest BCUT2D eigenvalue weighted by Crippen LogP contribution is 2.34. The zero-order valence-corrected chi connectivity index (χ0v) is 20.2. The number of benzene rings is 2. The van der Waals surface area contributed by atoms with Crippen LogP contribution in [0.15, 0.2) is 67.1 Å². The molecule has 0 aliphatic heterocycles. The van der Waals surface area contributed by atoms with Crippen molar-refractivity contribution < 1.29 is 10.0 Å². The third-order valence-corrected chi connectivity index (χ3v) is 7.10. The Morgan fingerprint density at radius 2 is 1.80 bits per heavy atom. The highest BCUT2D eigenvalue weighted by molar-refractivity contribution is 6.11. The van der Waals surface area contributed by atoms with Crippen molar-refractivity contribution in [1.29, 1.82) is 0 Å². The molecule has 1 aliphatic carbocycles. The molecule has 7 nitrogen and oxygen atoms in total. The van der Waals surface area contributed by atoms with Gasteiger partial charge in [0.2, 0.25) is 0 Å². The number of Topliss-reactive ketones (excluding diaryl/α,β-unsaturated/α-hetero) is 1. The smallest absolute Gasteiger partial charge is 0.170 e. The number of nitrogens with two attached hydrogens (primary N) is 1. The quantitative estimate of drug-likeness (QED) is 0.379. The van der Waals surface area contributed by atoms with Crippen molar-refractivity contribution in [2.45, 2.75) is 32.7 Å². The molecule has 1 atom stereocenters. The summed E-state index contributed by atoms with van der Waals surface area (Å²) < 4.78 is 5.42. The van der Waals surface area contributed by atoms with Gasteiger partial charge in [-0.05, 0) is 50.4 Å². The van der Waals surface area contributed by atoms with Gasteiger partial charge >= 0.3 is 0 Å². The van der Waals surface area contributed by atoms with Crippen LogP contribution in [-0.2, 0) is 26.4 Å². The largest absolute Gasteiger partial charge is 0.428 e. The van der Waals surface area contributed by atoms with E-state index in [9.17, 15) is 10.0 Å². The van der Waals surface area contributed by atoms with E-state index < -0.39 is 0 Å². The van der Waals surface area contributed by atoms with Gasteiger partial charge in [0, 0.05) is 65.6 Å². The van der Waals surface area contributed by atoms with E-state index in [0.717, 1.165) is 69.3 Å². The van der Waals surface area contributed by atoms with Crippen molar-refractivity contribution in [2.75, 3.05) is 6.54 Å². The van der Waals surface area contributed by atoms with Crippen LogP contribution < -0.4 is 5.73 Å². The van der Waals surface area contributed by atoms with Gasteiger partial charge < -0.3 is 20.1 Å². The first-order valence-electron chi connectivity index (χ1n) is 12.1. The first-order valence-corrected chi connectivity index (χ1v) is 12.1. The molecule has 3 aromatic heterocycles. The van der Waals surface area contributed by atoms with Crippen molar-refractivity contribution in [2.24, 2.45) is 18.7 Å². The van der Waals surface area contributed by atoms with Gasteiger partial charge in [-0.25, -0.2) is 4.98 Å². The molecule has 0 saturated carbocycles. The number of nitrogens with zero attached hydrogens (tertiary/aromatic N) is 4. The molecule has 0 saturated heterocycles. The van der Waals surface area contributed by atoms with E-state index in [0.29, 0.717) is 6.54 Å². The lowest BCUT2D eigenvalue weighted by Gasteiger charge is -2.23. The van der Waals surface area contributed by atoms with E-state index in [1.165, 1.54) is 5.69 Å². The van der Waals surface area contributed by atoms with E-state index in [-0.39, 0.29) is 11.7 Å². The number of carbonyl (C=O) groups is 1. The van der Waals surface area contributed by atoms with E-state index in [1.807, 2.05) is 49.5 Å². The van der Waals surface area contributed by atoms with E-state index in [1.54, 1.807) is 12.4 Å². The van der Waals surface area contributed by atoms with Crippen LogP contribution in [-0.4, -0.2) is 36.4 Å². The lowest BCUT2D eigenvalue weighted by atomic mass is 9.85. The zero-order chi connectivity index (χ0) is 24.5. The van der Waals surface area contributed by atoms with Crippen molar-refractivity contribution in [3.8, 4) is 0 Å². The van der Waals surface area contributed by atoms with Gasteiger partial charge in [0.05, 0.1) is 5.52 Å². The molecule has 0 bridgehead atoms. The second-order valence-corrected chi connectivity index (χ2v) is 9.18. The molecule has 5 aromatic rings. The molecule has 0 spiro atoms. The van der Waals surface area contributed by atoms with Crippen molar-refractivity contribution in [1.82, 2.24) is 18.8 Å². The van der Waals surface area contributed by atoms with E-state index >= 15 is 0 Å². The highest BCUT2D eigenvalue weighted by Gasteiger charge is 2.32. The summed E-state index contributed by atoms with van der Waals surface area (Å²) in [5.41, 5.74) is 10.7. The van der Waals surface area contributed by atoms with E-state index in [2.05, 4.69) is 33.3 Å². The fourth-order valence-electron chi connectivity index (χ4n) is 5.25. The zero-order valence-electron chi connectivity index (χ0n) is 20.2. The van der Waals surface area contributed by atoms with Gasteiger partial charge in [0.15, 0.2) is 5.78 Å². The second kappa shape index (κ2) is 9.43. The number of rotatable bonds is 4. The van der Waals surface area contributed by atoms with Crippen LogP contribution in [0.25, 0.3) is 21.8 Å². The SMILES string of the molecule is Cc1nccn1CC1CCc2c(c3ccccc3n2C)C1=O.NCCc1cn(O)c2ccccc12. The lowest BCUT2D eigenvalue weighted by molar-refractivity contribution is 0.0888. The van der Waals surface area contributed by atoms with Crippen LogP contribution in [0, 0.1) is 12.8 Å². The first-order chi connectivity index (χ1) is 17.0. The molecule has 3 heterocycles. The average Bonchev–Trinajstić information content (AvgIpc) is 3.51. The standard InChI is InChI=1S/C18H19N3O.C10H12N2O/c1-12-19-9-10-21(12)11-13-7-8-16-17(18(13)22)14-5-3-4-6-15(14)20(16)2;11-6-5-8-7-12(13)10-4-2-1-3-9(8)10/h3-6,9-10,13H,7-8,11H2,1-2H3;1-4,7,13H,5-6,11H2. The molecule has 0 amide bonds. The van der Waals surface area contributed by atoms with Crippen molar-refractivity contribution >= 4 is 27.6 Å². The van der Waals surface area contributed by atoms with Gasteiger partial charge in [-0.3, -0.25) is 4.79 Å². The maximum absolute atomic E-state index is 13.0. The molecule has 7 heteroatoms. The average molecular weight is 470 g/mol. The molecule has 3 N–H and O–H groups in total. The van der Waals surface area contributed by atoms with Gasteiger partial charge in [-0.1, -0.05) is 36.4 Å². The van der Waals surface area contributed by atoms with Crippen molar-refractivity contribution in [3.05, 3.63) is 89.8 Å². The molecule has 1 unspecified atom stereocenters. The Morgan fingerprint density at radius 1 is 1.09 bits per heavy atom. The fraction of sp³-hybridized carbons (Fsp3) is 0.286. The van der Waals surface area contributed by atoms with Gasteiger partial charge in [0.25, 0.3) is 0 Å². The summed E-state index contributed by atoms with van der Waals surface area (Å²) in [6, 6.07) is 15.9. The molecule has 0 fully saturated rings. The maximum atomic E-state index is 13.0. The molecule has 2 aromatic carbocycles. The number of para-hydroxylation sites is 2. The Kier molecular flexibility index (Phi) is 6.17. The van der Waals surface area contributed by atoms with Crippen LogP contribution >= 0.6 is 0 Å². The van der Waals surface area contributed by atoms with Crippen LogP contribution in [0.2, 0.25) is 0 Å². The summed E-state index contributed by atoms with van der Waals surface area (Å²) in [4.78, 5) is 17.3. The molecule has 6 rings (SSSR count). The Morgan fingerprint density at radius 3 is 2.51 bits per heavy atom. The highest BCUT2D eigenvalue weighted by atomic mass is 16.5. The van der Waals surface area contributed by atoms with Crippen LogP contribution in [0.3, 0.4) is 0 Å².